The van der Waals surface area contributed by atoms with Crippen LogP contribution in [0, 0.1) is 17.6 Å². The zero-order valence-electron chi connectivity index (χ0n) is 40.1. The minimum atomic E-state index is -0.593. The summed E-state index contributed by atoms with van der Waals surface area (Å²) in [5.74, 6) is -0.266. The topological polar surface area (TPSA) is 181 Å². The molecule has 10 rings (SSSR count). The lowest BCUT2D eigenvalue weighted by atomic mass is 9.98. The van der Waals surface area contributed by atoms with Crippen molar-refractivity contribution >= 4 is 49.7 Å². The van der Waals surface area contributed by atoms with E-state index in [4.69, 9.17) is 14.2 Å². The second kappa shape index (κ2) is 21.2. The highest BCUT2D eigenvalue weighted by molar-refractivity contribution is 6.07. The van der Waals surface area contributed by atoms with Gasteiger partial charge in [0.15, 0.2) is 0 Å². The van der Waals surface area contributed by atoms with Gasteiger partial charge in [0.25, 0.3) is 0 Å². The molecular weight excluding hydrogens is 927 g/mol. The zero-order chi connectivity index (χ0) is 50.5. The molecule has 0 saturated carbocycles. The molecule has 0 spiro atoms. The van der Waals surface area contributed by atoms with E-state index in [-0.39, 0.29) is 28.8 Å². The van der Waals surface area contributed by atoms with E-state index in [9.17, 15) is 33.6 Å². The van der Waals surface area contributed by atoms with Crippen LogP contribution in [0.15, 0.2) is 132 Å². The lowest BCUT2D eigenvalue weighted by Crippen LogP contribution is -2.42. The molecular formula is C54H54F2N8O8. The number of amides is 1. The van der Waals surface area contributed by atoms with Crippen LogP contribution in [0.3, 0.4) is 0 Å². The molecule has 16 nitrogen and oxygen atoms in total. The number of piperidine rings is 1. The number of pyridine rings is 5. The van der Waals surface area contributed by atoms with Crippen LogP contribution in [0.5, 0.6) is 0 Å². The number of fused-ring (bicyclic) bond motifs is 6. The summed E-state index contributed by atoms with van der Waals surface area (Å²) in [5, 5.41) is 22.6. The van der Waals surface area contributed by atoms with Gasteiger partial charge in [-0.1, -0.05) is 30.3 Å². The highest BCUT2D eigenvalue weighted by Gasteiger charge is 2.27. The molecule has 1 saturated heterocycles. The standard InChI is InChI=1S/C29H33FN4O5.C25H21FN4O3/c1-29(2,3)39-28(36)32-11-8-20(9-12-32)17-38-18-21-16-33(15-19-4-6-22(30)7-5-19)24-14-31-26-23(25(21)24)10-13-34(37)27(26)35;26-19-6-4-17(5-7-19)14-29-15-18(16-33-12-9-20-3-1-2-10-27-20)23-21-8-11-30(32)25(31)24(21)28-13-22(23)29/h4-7,10,13-14,16,20,37H,8-9,11-12,15,17-18H2,1-3H3;1-8,10-11,13,15,32H,9,12,14,16H2. The molecule has 0 unspecified atom stereocenters. The molecule has 372 valence electrons. The van der Waals surface area contributed by atoms with Crippen LogP contribution in [0.2, 0.25) is 0 Å². The monoisotopic (exact) mass is 980 g/mol. The van der Waals surface area contributed by atoms with Crippen LogP contribution >= 0.6 is 0 Å². The van der Waals surface area contributed by atoms with Gasteiger partial charge in [-0.2, -0.15) is 9.46 Å². The second-order valence-corrected chi connectivity index (χ2v) is 18.9. The Hall–Kier alpha value is -7.96. The number of aromatic nitrogens is 7. The molecule has 1 fully saturated rings. The van der Waals surface area contributed by atoms with Gasteiger partial charge in [-0.25, -0.2) is 23.5 Å². The minimum Gasteiger partial charge on any atom is -0.444 e. The Kier molecular flexibility index (Phi) is 14.4. The Morgan fingerprint density at radius 2 is 1.21 bits per heavy atom. The normalized spacial score (nSPS) is 13.3. The summed E-state index contributed by atoms with van der Waals surface area (Å²) >= 11 is 0. The van der Waals surface area contributed by atoms with Crippen molar-refractivity contribution in [3.05, 3.63) is 183 Å². The predicted molar refractivity (Wildman–Crippen MR) is 266 cm³/mol. The van der Waals surface area contributed by atoms with Crippen molar-refractivity contribution in [3.8, 4) is 0 Å². The van der Waals surface area contributed by atoms with Crippen LogP contribution in [0.1, 0.15) is 61.6 Å². The molecule has 0 bridgehead atoms. The zero-order valence-corrected chi connectivity index (χ0v) is 40.1. The molecule has 7 aromatic heterocycles. The molecule has 2 aromatic carbocycles. The van der Waals surface area contributed by atoms with E-state index < -0.39 is 16.7 Å². The van der Waals surface area contributed by atoms with Crippen LogP contribution in [0.25, 0.3) is 43.6 Å². The van der Waals surface area contributed by atoms with Crippen molar-refractivity contribution in [2.24, 2.45) is 5.92 Å². The number of carbonyl (C=O) groups excluding carboxylic acids is 1. The SMILES string of the molecule is CC(C)(C)OC(=O)N1CCC(COCc2cn(Cc3ccc(F)cc3)c3cnc4c(=O)n(O)ccc4c23)CC1.O=c1c2ncc3c(c(COCCc4ccccn4)cn3Cc3ccc(F)cc3)c2ccn1O. The average Bonchev–Trinajstić information content (AvgIpc) is 3.91. The third-order valence-corrected chi connectivity index (χ3v) is 12.6. The Bertz CT molecular complexity index is 3490. The number of carbonyl (C=O) groups is 1. The maximum atomic E-state index is 13.4. The summed E-state index contributed by atoms with van der Waals surface area (Å²) in [4.78, 5) is 52.0. The number of likely N-dealkylation sites (tertiary alicyclic amines) is 1. The number of rotatable bonds is 13. The largest absolute Gasteiger partial charge is 0.444 e. The first-order valence-electron chi connectivity index (χ1n) is 23.6. The highest BCUT2D eigenvalue weighted by Crippen LogP contribution is 2.31. The summed E-state index contributed by atoms with van der Waals surface area (Å²) < 4.78 is 49.5. The fourth-order valence-electron chi connectivity index (χ4n) is 9.00. The maximum Gasteiger partial charge on any atom is 0.410 e. The fourth-order valence-corrected chi connectivity index (χ4v) is 9.00. The number of nitrogens with zero attached hydrogens (tertiary/aromatic N) is 8. The number of hydrogen-bond donors (Lipinski definition) is 2. The second-order valence-electron chi connectivity index (χ2n) is 18.9. The lowest BCUT2D eigenvalue weighted by Gasteiger charge is -2.33. The van der Waals surface area contributed by atoms with Crippen LogP contribution in [-0.4, -0.2) is 86.9 Å². The van der Waals surface area contributed by atoms with Gasteiger partial charge in [0.1, 0.15) is 28.3 Å². The van der Waals surface area contributed by atoms with Gasteiger partial charge in [0, 0.05) is 109 Å². The van der Waals surface area contributed by atoms with E-state index in [0.717, 1.165) is 62.6 Å². The van der Waals surface area contributed by atoms with Crippen molar-refractivity contribution in [3.63, 3.8) is 0 Å². The Balaban J connectivity index is 0.000000180. The molecule has 0 radical (unpaired) electrons. The fraction of sp³-hybridized carbons (Fsp3) is 0.296. The average molecular weight is 981 g/mol. The van der Waals surface area contributed by atoms with Crippen LogP contribution in [0.4, 0.5) is 13.6 Å². The van der Waals surface area contributed by atoms with Crippen molar-refractivity contribution in [2.75, 3.05) is 26.3 Å². The van der Waals surface area contributed by atoms with Gasteiger partial charge in [-0.15, -0.1) is 0 Å². The summed E-state index contributed by atoms with van der Waals surface area (Å²) in [5.41, 5.74) is 4.89. The molecule has 2 N–H and O–H groups in total. The van der Waals surface area contributed by atoms with Gasteiger partial charge >= 0.3 is 17.2 Å². The summed E-state index contributed by atoms with van der Waals surface area (Å²) in [6, 6.07) is 21.8. The number of benzene rings is 2. The summed E-state index contributed by atoms with van der Waals surface area (Å²) in [6.07, 6.45) is 13.6. The molecule has 18 heteroatoms. The maximum absolute atomic E-state index is 13.4. The van der Waals surface area contributed by atoms with Gasteiger partial charge in [-0.3, -0.25) is 14.6 Å². The Morgan fingerprint density at radius 1 is 0.694 bits per heavy atom. The van der Waals surface area contributed by atoms with E-state index >= 15 is 0 Å². The molecule has 1 aliphatic rings. The first-order chi connectivity index (χ1) is 34.7. The lowest BCUT2D eigenvalue weighted by molar-refractivity contribution is 0.0105. The molecule has 0 atom stereocenters. The van der Waals surface area contributed by atoms with Gasteiger partial charge in [0.2, 0.25) is 0 Å². The Morgan fingerprint density at radius 3 is 1.69 bits per heavy atom. The van der Waals surface area contributed by atoms with Gasteiger partial charge in [0.05, 0.1) is 43.2 Å². The van der Waals surface area contributed by atoms with E-state index in [1.165, 1.54) is 36.7 Å². The number of halogens is 2. The molecule has 0 aliphatic carbocycles. The third kappa shape index (κ3) is 11.1. The first-order valence-corrected chi connectivity index (χ1v) is 23.6. The van der Waals surface area contributed by atoms with Crippen LogP contribution in [-0.2, 0) is 46.9 Å². The smallest absolute Gasteiger partial charge is 0.410 e. The molecule has 8 heterocycles. The van der Waals surface area contributed by atoms with Crippen molar-refractivity contribution in [1.82, 2.24) is 38.4 Å². The van der Waals surface area contributed by atoms with Crippen molar-refractivity contribution < 1.29 is 38.2 Å². The van der Waals surface area contributed by atoms with Crippen molar-refractivity contribution in [1.29, 1.82) is 0 Å². The van der Waals surface area contributed by atoms with Gasteiger partial charge in [-0.05, 0) is 99.2 Å². The molecule has 1 aliphatic heterocycles. The number of ether oxygens (including phenoxy) is 3. The minimum absolute atomic E-state index is 0.169. The molecule has 72 heavy (non-hydrogen) atoms. The third-order valence-electron chi connectivity index (χ3n) is 12.6. The van der Waals surface area contributed by atoms with Crippen molar-refractivity contribution in [2.45, 2.75) is 71.9 Å². The Labute approximate surface area is 411 Å². The highest BCUT2D eigenvalue weighted by atomic mass is 19.1. The first kappa shape index (κ1) is 49.0. The predicted octanol–water partition coefficient (Wildman–Crippen LogP) is 8.87. The molecule has 1 amide bonds. The van der Waals surface area contributed by atoms with E-state index in [0.29, 0.717) is 85.2 Å². The van der Waals surface area contributed by atoms with E-state index in [2.05, 4.69) is 15.0 Å². The molecule has 9 aromatic rings. The summed E-state index contributed by atoms with van der Waals surface area (Å²) in [6.45, 7) is 9.53. The quantitative estimate of drug-likeness (QED) is 0.0832. The van der Waals surface area contributed by atoms with E-state index in [1.807, 2.05) is 60.5 Å². The number of hydrogen-bond acceptors (Lipinski definition) is 11. The summed E-state index contributed by atoms with van der Waals surface area (Å²) in [7, 11) is 0. The van der Waals surface area contributed by atoms with Crippen LogP contribution < -0.4 is 11.1 Å². The van der Waals surface area contributed by atoms with E-state index in [1.54, 1.807) is 59.9 Å². The van der Waals surface area contributed by atoms with Gasteiger partial charge < -0.3 is 38.7 Å².